The zero-order valence-corrected chi connectivity index (χ0v) is 9.78. The van der Waals surface area contributed by atoms with E-state index in [4.69, 9.17) is 10.8 Å². The third kappa shape index (κ3) is 2.93. The smallest absolute Gasteiger partial charge is 0.320 e. The summed E-state index contributed by atoms with van der Waals surface area (Å²) < 4.78 is 0. The fourth-order valence-electron chi connectivity index (χ4n) is 1.71. The molecule has 4 heteroatoms. The lowest BCUT2D eigenvalue weighted by Gasteiger charge is -2.07. The molecule has 1 heterocycles. The van der Waals surface area contributed by atoms with Crippen LogP contribution in [-0.4, -0.2) is 22.1 Å². The summed E-state index contributed by atoms with van der Waals surface area (Å²) in [7, 11) is 0. The van der Waals surface area contributed by atoms with Crippen molar-refractivity contribution < 1.29 is 9.90 Å². The zero-order valence-electron chi connectivity index (χ0n) is 9.78. The summed E-state index contributed by atoms with van der Waals surface area (Å²) in [6.45, 7) is 0. The first kappa shape index (κ1) is 12.3. The molecule has 2 aromatic rings. The highest BCUT2D eigenvalue weighted by Gasteiger charge is 2.13. The summed E-state index contributed by atoms with van der Waals surface area (Å²) in [5, 5.41) is 8.78. The lowest BCUT2D eigenvalue weighted by Crippen LogP contribution is -2.32. The van der Waals surface area contributed by atoms with Gasteiger partial charge in [-0.05, 0) is 23.3 Å². The van der Waals surface area contributed by atoms with Gasteiger partial charge < -0.3 is 10.8 Å². The maximum Gasteiger partial charge on any atom is 0.320 e. The molecule has 92 valence electrons. The molecule has 1 atom stereocenters. The molecule has 0 spiro atoms. The van der Waals surface area contributed by atoms with E-state index in [1.165, 1.54) is 0 Å². The number of rotatable bonds is 4. The minimum atomic E-state index is -1.01. The van der Waals surface area contributed by atoms with Crippen LogP contribution >= 0.6 is 0 Å². The number of pyridine rings is 1. The molecule has 0 aliphatic rings. The Bertz CT molecular complexity index is 541. The second-order valence-electron chi connectivity index (χ2n) is 4.05. The normalized spacial score (nSPS) is 12.1. The van der Waals surface area contributed by atoms with Crippen molar-refractivity contribution >= 4 is 5.97 Å². The number of nitrogens with zero attached hydrogens (tertiary/aromatic N) is 1. The number of hydrogen-bond acceptors (Lipinski definition) is 3. The number of carboxylic acids is 1. The Balaban J connectivity index is 2.23. The van der Waals surface area contributed by atoms with Gasteiger partial charge in [0.2, 0.25) is 0 Å². The molecule has 3 N–H and O–H groups in total. The molecular formula is C14H14N2O2. The van der Waals surface area contributed by atoms with Gasteiger partial charge in [-0.1, -0.05) is 30.3 Å². The van der Waals surface area contributed by atoms with Crippen LogP contribution in [0.15, 0.2) is 48.7 Å². The van der Waals surface area contributed by atoms with Crippen LogP contribution in [-0.2, 0) is 11.2 Å². The zero-order chi connectivity index (χ0) is 13.0. The van der Waals surface area contributed by atoms with Gasteiger partial charge in [0.25, 0.3) is 0 Å². The molecule has 0 amide bonds. The minimum Gasteiger partial charge on any atom is -0.480 e. The number of aromatic nitrogens is 1. The Labute approximate surface area is 105 Å². The highest BCUT2D eigenvalue weighted by molar-refractivity contribution is 5.73. The molecule has 1 unspecified atom stereocenters. The van der Waals surface area contributed by atoms with E-state index in [1.54, 1.807) is 6.20 Å². The highest BCUT2D eigenvalue weighted by atomic mass is 16.4. The molecular weight excluding hydrogens is 228 g/mol. The summed E-state index contributed by atoms with van der Waals surface area (Å²) in [6, 6.07) is 12.7. The molecule has 0 aliphatic carbocycles. The van der Waals surface area contributed by atoms with E-state index >= 15 is 0 Å². The van der Waals surface area contributed by atoms with Gasteiger partial charge in [0.15, 0.2) is 0 Å². The summed E-state index contributed by atoms with van der Waals surface area (Å²) in [5.74, 6) is -1.01. The maximum absolute atomic E-state index is 10.7. The largest absolute Gasteiger partial charge is 0.480 e. The minimum absolute atomic E-state index is 0.232. The van der Waals surface area contributed by atoms with Gasteiger partial charge in [0.05, 0.1) is 0 Å². The number of carbonyl (C=O) groups is 1. The molecule has 0 saturated carbocycles. The predicted molar refractivity (Wildman–Crippen MR) is 69.0 cm³/mol. The van der Waals surface area contributed by atoms with Crippen LogP contribution in [0.25, 0.3) is 11.1 Å². The molecule has 0 saturated heterocycles. The average molecular weight is 242 g/mol. The Morgan fingerprint density at radius 1 is 1.22 bits per heavy atom. The number of carboxylic acid groups (broad SMARTS) is 1. The van der Waals surface area contributed by atoms with Gasteiger partial charge in [0.1, 0.15) is 6.04 Å². The van der Waals surface area contributed by atoms with Crippen LogP contribution in [0.3, 0.4) is 0 Å². The molecule has 1 aromatic carbocycles. The lowest BCUT2D eigenvalue weighted by atomic mass is 10.0. The molecule has 18 heavy (non-hydrogen) atoms. The van der Waals surface area contributed by atoms with E-state index < -0.39 is 12.0 Å². The summed E-state index contributed by atoms with van der Waals surface area (Å²) in [4.78, 5) is 14.8. The van der Waals surface area contributed by atoms with Gasteiger partial charge in [-0.3, -0.25) is 9.78 Å². The first-order chi connectivity index (χ1) is 8.66. The third-order valence-electron chi connectivity index (χ3n) is 2.67. The van der Waals surface area contributed by atoms with Crippen LogP contribution in [0.1, 0.15) is 5.69 Å². The third-order valence-corrected chi connectivity index (χ3v) is 2.67. The second kappa shape index (κ2) is 5.42. The van der Waals surface area contributed by atoms with Crippen LogP contribution in [0, 0.1) is 0 Å². The highest BCUT2D eigenvalue weighted by Crippen LogP contribution is 2.19. The fourth-order valence-corrected chi connectivity index (χ4v) is 1.71. The van der Waals surface area contributed by atoms with Crippen molar-refractivity contribution in [3.8, 4) is 11.1 Å². The van der Waals surface area contributed by atoms with Crippen LogP contribution in [0.4, 0.5) is 0 Å². The van der Waals surface area contributed by atoms with Gasteiger partial charge in [-0.25, -0.2) is 0 Å². The average Bonchev–Trinajstić information content (AvgIpc) is 2.40. The molecule has 1 aromatic heterocycles. The lowest BCUT2D eigenvalue weighted by molar-refractivity contribution is -0.138. The maximum atomic E-state index is 10.7. The Morgan fingerprint density at radius 2 is 1.94 bits per heavy atom. The van der Waals surface area contributed by atoms with E-state index in [-0.39, 0.29) is 6.42 Å². The molecule has 0 fully saturated rings. The van der Waals surface area contributed by atoms with Gasteiger partial charge in [-0.2, -0.15) is 0 Å². The van der Waals surface area contributed by atoms with E-state index in [1.807, 2.05) is 42.5 Å². The first-order valence-electron chi connectivity index (χ1n) is 5.65. The fraction of sp³-hybridized carbons (Fsp3) is 0.143. The van der Waals surface area contributed by atoms with Crippen molar-refractivity contribution in [3.63, 3.8) is 0 Å². The van der Waals surface area contributed by atoms with Crippen molar-refractivity contribution in [2.24, 2.45) is 5.73 Å². The van der Waals surface area contributed by atoms with E-state index in [0.717, 1.165) is 11.1 Å². The first-order valence-corrected chi connectivity index (χ1v) is 5.65. The molecule has 0 radical (unpaired) electrons. The van der Waals surface area contributed by atoms with Crippen molar-refractivity contribution in [2.45, 2.75) is 12.5 Å². The van der Waals surface area contributed by atoms with Crippen LogP contribution in [0.5, 0.6) is 0 Å². The van der Waals surface area contributed by atoms with Crippen molar-refractivity contribution in [2.75, 3.05) is 0 Å². The number of benzene rings is 1. The molecule has 4 nitrogen and oxygen atoms in total. The predicted octanol–water partition coefficient (Wildman–Crippen LogP) is 1.70. The second-order valence-corrected chi connectivity index (χ2v) is 4.05. The Hall–Kier alpha value is -2.20. The van der Waals surface area contributed by atoms with Crippen LogP contribution < -0.4 is 5.73 Å². The van der Waals surface area contributed by atoms with E-state index in [2.05, 4.69) is 4.98 Å². The standard InChI is InChI=1S/C14H14N2O2/c15-13(14(17)18)9-12-8-11(6-7-16-12)10-4-2-1-3-5-10/h1-8,13H,9,15H2,(H,17,18). The Kier molecular flexibility index (Phi) is 3.69. The quantitative estimate of drug-likeness (QED) is 0.855. The summed E-state index contributed by atoms with van der Waals surface area (Å²) in [5.41, 5.74) is 8.27. The topological polar surface area (TPSA) is 76.2 Å². The summed E-state index contributed by atoms with van der Waals surface area (Å²) in [6.07, 6.45) is 1.91. The van der Waals surface area contributed by atoms with Crippen LogP contribution in [0.2, 0.25) is 0 Å². The molecule has 0 aliphatic heterocycles. The van der Waals surface area contributed by atoms with E-state index in [9.17, 15) is 4.79 Å². The number of aliphatic carboxylic acids is 1. The van der Waals surface area contributed by atoms with Crippen molar-refractivity contribution in [1.29, 1.82) is 0 Å². The van der Waals surface area contributed by atoms with Crippen molar-refractivity contribution in [3.05, 3.63) is 54.4 Å². The monoisotopic (exact) mass is 242 g/mol. The SMILES string of the molecule is NC(Cc1cc(-c2ccccc2)ccn1)C(=O)O. The van der Waals surface area contributed by atoms with Gasteiger partial charge in [0, 0.05) is 18.3 Å². The number of nitrogens with two attached hydrogens (primary N) is 1. The molecule has 0 bridgehead atoms. The summed E-state index contributed by atoms with van der Waals surface area (Å²) >= 11 is 0. The number of hydrogen-bond donors (Lipinski definition) is 2. The van der Waals surface area contributed by atoms with Gasteiger partial charge in [-0.15, -0.1) is 0 Å². The Morgan fingerprint density at radius 3 is 2.61 bits per heavy atom. The van der Waals surface area contributed by atoms with Gasteiger partial charge >= 0.3 is 5.97 Å². The van der Waals surface area contributed by atoms with Crippen molar-refractivity contribution in [1.82, 2.24) is 4.98 Å². The van der Waals surface area contributed by atoms with E-state index in [0.29, 0.717) is 5.69 Å². The molecule has 2 rings (SSSR count).